The van der Waals surface area contributed by atoms with Crippen LogP contribution in [-0.2, 0) is 13.1 Å². The highest BCUT2D eigenvalue weighted by Crippen LogP contribution is 2.16. The highest BCUT2D eigenvalue weighted by atomic mass is 19.1. The number of nitrogens with one attached hydrogen (secondary N) is 2. The number of aromatic nitrogens is 2. The molecule has 2 N–H and O–H groups in total. The molecular formula is C24H30FN5O. The van der Waals surface area contributed by atoms with Gasteiger partial charge in [0.05, 0.1) is 13.1 Å². The largest absolute Gasteiger partial charge is 0.486 e. The Labute approximate surface area is 183 Å². The van der Waals surface area contributed by atoms with Crippen molar-refractivity contribution < 1.29 is 9.13 Å². The molecule has 31 heavy (non-hydrogen) atoms. The Balaban J connectivity index is 1.57. The number of guanidine groups is 1. The fourth-order valence-corrected chi connectivity index (χ4v) is 3.15. The number of aliphatic imine (C=N–C) groups is 1. The van der Waals surface area contributed by atoms with Crippen LogP contribution >= 0.6 is 0 Å². The van der Waals surface area contributed by atoms with Crippen LogP contribution in [0.15, 0.2) is 65.9 Å². The summed E-state index contributed by atoms with van der Waals surface area (Å²) in [4.78, 5) is 8.96. The second kappa shape index (κ2) is 11.2. The molecule has 0 fully saturated rings. The molecule has 0 aliphatic carbocycles. The number of imidazole rings is 1. The summed E-state index contributed by atoms with van der Waals surface area (Å²) >= 11 is 0. The van der Waals surface area contributed by atoms with Crippen LogP contribution in [0.1, 0.15) is 30.8 Å². The Bertz CT molecular complexity index is 1000. The minimum absolute atomic E-state index is 0.220. The fourth-order valence-electron chi connectivity index (χ4n) is 3.15. The van der Waals surface area contributed by atoms with Gasteiger partial charge in [0.25, 0.3) is 0 Å². The standard InChI is InChI=1S/C24H30FN5O/c1-4-26-24(28-15-18(2)31-23-11-6-5-10-22(23)25)29-16-20-8-7-9-21(14-20)17-30-13-12-27-19(30)3/h5-14,18H,4,15-17H2,1-3H3,(H2,26,28,29). The first-order valence-electron chi connectivity index (χ1n) is 10.5. The van der Waals surface area contributed by atoms with Gasteiger partial charge in [-0.2, -0.15) is 0 Å². The van der Waals surface area contributed by atoms with Gasteiger partial charge in [0.15, 0.2) is 17.5 Å². The molecule has 0 aliphatic rings. The molecule has 0 amide bonds. The molecule has 164 valence electrons. The predicted octanol–water partition coefficient (Wildman–Crippen LogP) is 3.90. The zero-order valence-electron chi connectivity index (χ0n) is 18.3. The fraction of sp³-hybridized carbons (Fsp3) is 0.333. The Morgan fingerprint density at radius 2 is 1.97 bits per heavy atom. The van der Waals surface area contributed by atoms with Gasteiger partial charge in [-0.05, 0) is 44.0 Å². The van der Waals surface area contributed by atoms with E-state index in [1.54, 1.807) is 18.2 Å². The van der Waals surface area contributed by atoms with Crippen molar-refractivity contribution in [3.05, 3.63) is 83.7 Å². The lowest BCUT2D eigenvalue weighted by molar-refractivity contribution is 0.214. The summed E-state index contributed by atoms with van der Waals surface area (Å²) in [7, 11) is 0. The number of para-hydroxylation sites is 1. The van der Waals surface area contributed by atoms with Crippen LogP contribution in [-0.4, -0.2) is 34.7 Å². The second-order valence-electron chi connectivity index (χ2n) is 7.36. The van der Waals surface area contributed by atoms with Crippen LogP contribution in [0.2, 0.25) is 0 Å². The molecule has 1 unspecified atom stereocenters. The first-order chi connectivity index (χ1) is 15.0. The van der Waals surface area contributed by atoms with Gasteiger partial charge in [0, 0.05) is 25.5 Å². The number of halogens is 1. The lowest BCUT2D eigenvalue weighted by Crippen LogP contribution is -2.41. The third-order valence-corrected chi connectivity index (χ3v) is 4.75. The normalized spacial score (nSPS) is 12.5. The van der Waals surface area contributed by atoms with E-state index in [0.29, 0.717) is 19.0 Å². The average molecular weight is 424 g/mol. The van der Waals surface area contributed by atoms with E-state index < -0.39 is 0 Å². The molecule has 3 aromatic rings. The quantitative estimate of drug-likeness (QED) is 0.405. The maximum Gasteiger partial charge on any atom is 0.191 e. The van der Waals surface area contributed by atoms with Crippen LogP contribution in [0.4, 0.5) is 4.39 Å². The molecule has 0 saturated heterocycles. The van der Waals surface area contributed by atoms with Gasteiger partial charge in [-0.3, -0.25) is 0 Å². The molecule has 1 aromatic heterocycles. The van der Waals surface area contributed by atoms with Crippen LogP contribution in [0.25, 0.3) is 0 Å². The van der Waals surface area contributed by atoms with E-state index in [1.807, 2.05) is 33.2 Å². The summed E-state index contributed by atoms with van der Waals surface area (Å²) in [6.45, 7) is 8.49. The molecule has 0 saturated carbocycles. The first-order valence-corrected chi connectivity index (χ1v) is 10.5. The molecule has 0 spiro atoms. The van der Waals surface area contributed by atoms with E-state index in [2.05, 4.69) is 49.4 Å². The van der Waals surface area contributed by atoms with Crippen LogP contribution in [0.3, 0.4) is 0 Å². The number of benzene rings is 2. The zero-order valence-corrected chi connectivity index (χ0v) is 18.3. The molecule has 0 bridgehead atoms. The maximum absolute atomic E-state index is 13.8. The summed E-state index contributed by atoms with van der Waals surface area (Å²) in [6.07, 6.45) is 3.58. The van der Waals surface area contributed by atoms with Crippen molar-refractivity contribution >= 4 is 5.96 Å². The van der Waals surface area contributed by atoms with Crippen molar-refractivity contribution in [2.24, 2.45) is 4.99 Å². The third-order valence-electron chi connectivity index (χ3n) is 4.75. The summed E-state index contributed by atoms with van der Waals surface area (Å²) in [5.74, 6) is 1.58. The zero-order chi connectivity index (χ0) is 22.1. The second-order valence-corrected chi connectivity index (χ2v) is 7.36. The Morgan fingerprint density at radius 1 is 1.16 bits per heavy atom. The predicted molar refractivity (Wildman–Crippen MR) is 122 cm³/mol. The van der Waals surface area contributed by atoms with Gasteiger partial charge >= 0.3 is 0 Å². The monoisotopic (exact) mass is 423 g/mol. The minimum Gasteiger partial charge on any atom is -0.486 e. The molecule has 0 radical (unpaired) electrons. The van der Waals surface area contributed by atoms with Crippen LogP contribution in [0, 0.1) is 12.7 Å². The van der Waals surface area contributed by atoms with Gasteiger partial charge in [-0.25, -0.2) is 14.4 Å². The van der Waals surface area contributed by atoms with Gasteiger partial charge in [-0.15, -0.1) is 0 Å². The Morgan fingerprint density at radius 3 is 2.71 bits per heavy atom. The van der Waals surface area contributed by atoms with Crippen molar-refractivity contribution in [3.8, 4) is 5.75 Å². The topological polar surface area (TPSA) is 63.5 Å². The van der Waals surface area contributed by atoms with Gasteiger partial charge in [0.2, 0.25) is 0 Å². The molecule has 6 nitrogen and oxygen atoms in total. The van der Waals surface area contributed by atoms with E-state index >= 15 is 0 Å². The van der Waals surface area contributed by atoms with Crippen molar-refractivity contribution in [3.63, 3.8) is 0 Å². The summed E-state index contributed by atoms with van der Waals surface area (Å²) in [6, 6.07) is 14.8. The highest BCUT2D eigenvalue weighted by molar-refractivity contribution is 5.79. The average Bonchev–Trinajstić information content (AvgIpc) is 3.16. The molecule has 2 aromatic carbocycles. The summed E-state index contributed by atoms with van der Waals surface area (Å²) < 4.78 is 21.6. The number of nitrogens with zero attached hydrogens (tertiary/aromatic N) is 3. The number of rotatable bonds is 9. The Kier molecular flexibility index (Phi) is 8.04. The van der Waals surface area contributed by atoms with Gasteiger partial charge in [-0.1, -0.05) is 36.4 Å². The molecule has 0 aliphatic heterocycles. The molecular weight excluding hydrogens is 393 g/mol. The third kappa shape index (κ3) is 6.84. The summed E-state index contributed by atoms with van der Waals surface area (Å²) in [5.41, 5.74) is 2.33. The van der Waals surface area contributed by atoms with Crippen molar-refractivity contribution in [2.75, 3.05) is 13.1 Å². The molecule has 3 rings (SSSR count). The molecule has 1 atom stereocenters. The smallest absolute Gasteiger partial charge is 0.191 e. The van der Waals surface area contributed by atoms with E-state index in [0.717, 1.165) is 24.5 Å². The summed E-state index contributed by atoms with van der Waals surface area (Å²) in [5, 5.41) is 6.51. The number of hydrogen-bond acceptors (Lipinski definition) is 3. The van der Waals surface area contributed by atoms with E-state index in [9.17, 15) is 4.39 Å². The van der Waals surface area contributed by atoms with Crippen LogP contribution < -0.4 is 15.4 Å². The molecule has 7 heteroatoms. The van der Waals surface area contributed by atoms with E-state index in [1.165, 1.54) is 11.6 Å². The first kappa shape index (κ1) is 22.3. The van der Waals surface area contributed by atoms with Crippen molar-refractivity contribution in [2.45, 2.75) is 40.0 Å². The van der Waals surface area contributed by atoms with E-state index in [-0.39, 0.29) is 17.7 Å². The Hall–Kier alpha value is -3.35. The number of ether oxygens (including phenoxy) is 1. The maximum atomic E-state index is 13.8. The highest BCUT2D eigenvalue weighted by Gasteiger charge is 2.09. The lowest BCUT2D eigenvalue weighted by Gasteiger charge is -2.18. The van der Waals surface area contributed by atoms with Gasteiger partial charge in [0.1, 0.15) is 11.9 Å². The minimum atomic E-state index is -0.360. The number of hydrogen-bond donors (Lipinski definition) is 2. The van der Waals surface area contributed by atoms with Crippen LogP contribution in [0.5, 0.6) is 5.75 Å². The van der Waals surface area contributed by atoms with E-state index in [4.69, 9.17) is 4.74 Å². The SMILES string of the molecule is CCNC(=NCc1cccc(Cn2ccnc2C)c1)NCC(C)Oc1ccccc1F. The van der Waals surface area contributed by atoms with Crippen molar-refractivity contribution in [1.82, 2.24) is 20.2 Å². The lowest BCUT2D eigenvalue weighted by atomic mass is 10.1. The van der Waals surface area contributed by atoms with Gasteiger partial charge < -0.3 is 19.9 Å². The molecule has 1 heterocycles. The van der Waals surface area contributed by atoms with Crippen molar-refractivity contribution in [1.29, 1.82) is 0 Å². The number of aryl methyl sites for hydroxylation is 1.